The van der Waals surface area contributed by atoms with Crippen LogP contribution in [0.2, 0.25) is 0 Å². The van der Waals surface area contributed by atoms with Gasteiger partial charge in [0.15, 0.2) is 5.65 Å². The van der Waals surface area contributed by atoms with Gasteiger partial charge in [-0.3, -0.25) is 0 Å². The predicted octanol–water partition coefficient (Wildman–Crippen LogP) is 3.32. The first-order valence-electron chi connectivity index (χ1n) is 5.94. The van der Waals surface area contributed by atoms with E-state index >= 15 is 0 Å². The first-order chi connectivity index (χ1) is 9.65. The summed E-state index contributed by atoms with van der Waals surface area (Å²) in [5.74, 6) is 0. The molecule has 0 aliphatic rings. The molecule has 0 fully saturated rings. The fourth-order valence-electron chi connectivity index (χ4n) is 1.86. The number of imidazole rings is 1. The summed E-state index contributed by atoms with van der Waals surface area (Å²) in [7, 11) is 0. The molecule has 0 bridgehead atoms. The van der Waals surface area contributed by atoms with Crippen LogP contribution in [0.3, 0.4) is 0 Å². The number of aliphatic hydroxyl groups is 1. The first-order valence-corrected chi connectivity index (χ1v) is 7.55. The largest absolute Gasteiger partial charge is 0.389 e. The molecule has 102 valence electrons. The Morgan fingerprint density at radius 1 is 1.30 bits per heavy atom. The zero-order valence-corrected chi connectivity index (χ0v) is 12.9. The predicted molar refractivity (Wildman–Crippen MR) is 80.6 cm³/mol. The fraction of sp³-hybridized carbons (Fsp3) is 0.154. The molecule has 5 nitrogen and oxygen atoms in total. The second kappa shape index (κ2) is 5.51. The van der Waals surface area contributed by atoms with Crippen LogP contribution >= 0.6 is 27.7 Å². The molecule has 2 heterocycles. The highest BCUT2D eigenvalue weighted by Crippen LogP contribution is 2.35. The summed E-state index contributed by atoms with van der Waals surface area (Å²) in [4.78, 5) is 16.5. The minimum absolute atomic E-state index is 0.547. The highest BCUT2D eigenvalue weighted by molar-refractivity contribution is 9.10. The minimum Gasteiger partial charge on any atom is -0.389 e. The Balaban J connectivity index is 2.05. The minimum atomic E-state index is -0.547. The summed E-state index contributed by atoms with van der Waals surface area (Å²) < 4.78 is 0.937. The second-order valence-corrected chi connectivity index (χ2v) is 6.19. The van der Waals surface area contributed by atoms with E-state index in [2.05, 4.69) is 35.9 Å². The molecule has 1 atom stereocenters. The van der Waals surface area contributed by atoms with Gasteiger partial charge in [0.05, 0.1) is 12.4 Å². The van der Waals surface area contributed by atoms with E-state index in [1.165, 1.54) is 18.1 Å². The van der Waals surface area contributed by atoms with E-state index in [1.54, 1.807) is 13.3 Å². The lowest BCUT2D eigenvalue weighted by molar-refractivity contribution is 0.196. The third-order valence-electron chi connectivity index (χ3n) is 2.82. The second-order valence-electron chi connectivity index (χ2n) is 4.24. The maximum atomic E-state index is 9.89. The number of aromatic amines is 1. The molecule has 0 saturated carbocycles. The van der Waals surface area contributed by atoms with Gasteiger partial charge in [-0.15, -0.1) is 0 Å². The van der Waals surface area contributed by atoms with Crippen molar-refractivity contribution in [2.24, 2.45) is 0 Å². The Kier molecular flexibility index (Phi) is 3.73. The van der Waals surface area contributed by atoms with Crippen molar-refractivity contribution >= 4 is 38.9 Å². The summed E-state index contributed by atoms with van der Waals surface area (Å²) in [6, 6.07) is 5.82. The Labute approximate surface area is 128 Å². The molecule has 20 heavy (non-hydrogen) atoms. The smallest absolute Gasteiger partial charge is 0.181 e. The van der Waals surface area contributed by atoms with Gasteiger partial charge in [0.25, 0.3) is 0 Å². The van der Waals surface area contributed by atoms with Crippen molar-refractivity contribution in [2.45, 2.75) is 22.9 Å². The van der Waals surface area contributed by atoms with E-state index < -0.39 is 6.10 Å². The van der Waals surface area contributed by atoms with Crippen LogP contribution < -0.4 is 0 Å². The number of hydrogen-bond acceptors (Lipinski definition) is 5. The van der Waals surface area contributed by atoms with E-state index in [9.17, 15) is 5.11 Å². The van der Waals surface area contributed by atoms with Crippen molar-refractivity contribution in [1.82, 2.24) is 19.9 Å². The number of nitrogens with one attached hydrogen (secondary N) is 1. The molecule has 0 aliphatic carbocycles. The molecular weight excluding hydrogens is 340 g/mol. The molecule has 0 radical (unpaired) electrons. The number of fused-ring (bicyclic) bond motifs is 1. The maximum absolute atomic E-state index is 9.89. The number of H-pyrrole nitrogens is 1. The summed E-state index contributed by atoms with van der Waals surface area (Å²) in [6.45, 7) is 1.75. The number of nitrogens with zero attached hydrogens (tertiary/aromatic N) is 3. The zero-order valence-electron chi connectivity index (χ0n) is 10.5. The Morgan fingerprint density at radius 3 is 2.95 bits per heavy atom. The number of benzene rings is 1. The lowest BCUT2D eigenvalue weighted by Crippen LogP contribution is -1.95. The normalized spacial score (nSPS) is 12.8. The average molecular weight is 351 g/mol. The van der Waals surface area contributed by atoms with E-state index in [0.717, 1.165) is 25.5 Å². The number of rotatable bonds is 3. The monoisotopic (exact) mass is 350 g/mol. The van der Waals surface area contributed by atoms with E-state index in [-0.39, 0.29) is 0 Å². The van der Waals surface area contributed by atoms with Gasteiger partial charge >= 0.3 is 0 Å². The van der Waals surface area contributed by atoms with Gasteiger partial charge in [0.1, 0.15) is 16.9 Å². The van der Waals surface area contributed by atoms with E-state index in [1.807, 2.05) is 18.2 Å². The van der Waals surface area contributed by atoms with Gasteiger partial charge in [0.2, 0.25) is 0 Å². The summed E-state index contributed by atoms with van der Waals surface area (Å²) >= 11 is 4.90. The van der Waals surface area contributed by atoms with Crippen LogP contribution in [0.25, 0.3) is 11.2 Å². The summed E-state index contributed by atoms with van der Waals surface area (Å²) in [5, 5.41) is 10.7. The summed E-state index contributed by atoms with van der Waals surface area (Å²) in [6.07, 6.45) is 2.54. The van der Waals surface area contributed by atoms with Crippen LogP contribution in [-0.2, 0) is 0 Å². The highest BCUT2D eigenvalue weighted by atomic mass is 79.9. The van der Waals surface area contributed by atoms with Crippen molar-refractivity contribution in [1.29, 1.82) is 0 Å². The first kappa shape index (κ1) is 13.5. The quantitative estimate of drug-likeness (QED) is 0.708. The van der Waals surface area contributed by atoms with E-state index in [4.69, 9.17) is 0 Å². The molecule has 0 spiro atoms. The van der Waals surface area contributed by atoms with Crippen LogP contribution in [0.15, 0.2) is 45.2 Å². The van der Waals surface area contributed by atoms with Crippen LogP contribution in [0, 0.1) is 0 Å². The molecule has 7 heteroatoms. The fourth-order valence-corrected chi connectivity index (χ4v) is 3.29. The van der Waals surface area contributed by atoms with Gasteiger partial charge < -0.3 is 10.1 Å². The van der Waals surface area contributed by atoms with Crippen molar-refractivity contribution < 1.29 is 5.11 Å². The lowest BCUT2D eigenvalue weighted by Gasteiger charge is -2.11. The number of halogens is 1. The van der Waals surface area contributed by atoms with Crippen molar-refractivity contribution in [3.63, 3.8) is 0 Å². The topological polar surface area (TPSA) is 74.7 Å². The molecule has 2 N–H and O–H groups in total. The number of hydrogen-bond donors (Lipinski definition) is 2. The molecule has 3 rings (SSSR count). The molecule has 1 unspecified atom stereocenters. The number of aromatic nitrogens is 4. The van der Waals surface area contributed by atoms with Gasteiger partial charge in [-0.05, 0) is 30.7 Å². The van der Waals surface area contributed by atoms with Gasteiger partial charge in [-0.2, -0.15) is 0 Å². The van der Waals surface area contributed by atoms with Crippen molar-refractivity contribution in [3.8, 4) is 0 Å². The van der Waals surface area contributed by atoms with E-state index in [0.29, 0.717) is 5.65 Å². The third-order valence-corrected chi connectivity index (χ3v) is 4.40. The van der Waals surface area contributed by atoms with Crippen molar-refractivity contribution in [3.05, 3.63) is 40.9 Å². The molecule has 0 aliphatic heterocycles. The lowest BCUT2D eigenvalue weighted by atomic mass is 10.1. The van der Waals surface area contributed by atoms with Crippen LogP contribution in [0.5, 0.6) is 0 Å². The van der Waals surface area contributed by atoms with Gasteiger partial charge in [-0.25, -0.2) is 15.0 Å². The maximum Gasteiger partial charge on any atom is 0.181 e. The molecular formula is C13H11BrN4OS. The van der Waals surface area contributed by atoms with Gasteiger partial charge in [0, 0.05) is 9.37 Å². The standard InChI is InChI=1S/C13H11BrN4OS/c1-7(19)9-4-8(14)2-3-10(9)20-13-11-12(16-5-15-11)17-6-18-13/h2-7,19H,1H3,(H,15,16,17,18). The number of aliphatic hydroxyl groups excluding tert-OH is 1. The Morgan fingerprint density at radius 2 is 2.15 bits per heavy atom. The summed E-state index contributed by atoms with van der Waals surface area (Å²) in [5.41, 5.74) is 2.30. The molecule has 0 saturated heterocycles. The zero-order chi connectivity index (χ0) is 14.1. The third kappa shape index (κ3) is 2.56. The molecule has 1 aromatic carbocycles. The van der Waals surface area contributed by atoms with Gasteiger partial charge in [-0.1, -0.05) is 27.7 Å². The van der Waals surface area contributed by atoms with Crippen molar-refractivity contribution in [2.75, 3.05) is 0 Å². The molecule has 2 aromatic heterocycles. The van der Waals surface area contributed by atoms with Crippen LogP contribution in [-0.4, -0.2) is 25.0 Å². The van der Waals surface area contributed by atoms with Crippen LogP contribution in [0.1, 0.15) is 18.6 Å². The van der Waals surface area contributed by atoms with Crippen LogP contribution in [0.4, 0.5) is 0 Å². The SMILES string of the molecule is CC(O)c1cc(Br)ccc1Sc1ncnc2nc[nH]c12. The highest BCUT2D eigenvalue weighted by Gasteiger charge is 2.13. The average Bonchev–Trinajstić information content (AvgIpc) is 2.90. The molecule has 0 amide bonds. The molecule has 3 aromatic rings. The Bertz CT molecular complexity index is 759. The Hall–Kier alpha value is -1.44.